The van der Waals surface area contributed by atoms with Crippen LogP contribution in [0, 0.1) is 32.1 Å². The summed E-state index contributed by atoms with van der Waals surface area (Å²) >= 11 is 0. The Kier molecular flexibility index (Phi) is 8.39. The highest BCUT2D eigenvalue weighted by molar-refractivity contribution is 5.73. The molecule has 0 aliphatic carbocycles. The molecule has 4 aromatic heterocycles. The second-order valence-corrected chi connectivity index (χ2v) is 13.0. The van der Waals surface area contributed by atoms with Crippen LogP contribution >= 0.6 is 0 Å². The van der Waals surface area contributed by atoms with Crippen molar-refractivity contribution in [2.45, 2.75) is 40.0 Å². The summed E-state index contributed by atoms with van der Waals surface area (Å²) in [4.78, 5) is 4.72. The molecule has 0 bridgehead atoms. The molecule has 0 aliphatic heterocycles. The summed E-state index contributed by atoms with van der Waals surface area (Å²) in [7, 11) is 0. The Labute approximate surface area is 301 Å². The van der Waals surface area contributed by atoms with Crippen molar-refractivity contribution in [2.75, 3.05) is 0 Å². The van der Waals surface area contributed by atoms with Gasteiger partial charge in [-0.05, 0) is 26.3 Å². The average molecular weight is 683 g/mol. The van der Waals surface area contributed by atoms with Crippen molar-refractivity contribution in [1.82, 2.24) is 24.2 Å². The molecule has 0 spiro atoms. The van der Waals surface area contributed by atoms with Crippen LogP contribution in [0.15, 0.2) is 121 Å². The number of rotatable bonds is 8. The van der Waals surface area contributed by atoms with E-state index in [0.29, 0.717) is 29.1 Å². The number of nitriles is 1. The minimum atomic E-state index is -1.38. The van der Waals surface area contributed by atoms with E-state index in [1.807, 2.05) is 115 Å². The number of aromatic nitrogens is 6. The molecule has 0 radical (unpaired) electrons. The fourth-order valence-electron chi connectivity index (χ4n) is 7.01. The third kappa shape index (κ3) is 5.70. The molecule has 0 saturated heterocycles. The quantitative estimate of drug-likeness (QED) is 0.128. The first-order chi connectivity index (χ1) is 25.3. The molecule has 254 valence electrons. The molecule has 9 heteroatoms. The smallest absolute Gasteiger partial charge is 0.310 e. The lowest BCUT2D eigenvalue weighted by molar-refractivity contribution is -0.672. The summed E-state index contributed by atoms with van der Waals surface area (Å²) in [6.07, 6.45) is -1.38. The van der Waals surface area contributed by atoms with Crippen molar-refractivity contribution < 1.29 is 14.8 Å². The number of hydrogen-bond donors (Lipinski definition) is 2. The van der Waals surface area contributed by atoms with E-state index in [1.54, 1.807) is 4.52 Å². The van der Waals surface area contributed by atoms with E-state index in [4.69, 9.17) is 15.2 Å². The summed E-state index contributed by atoms with van der Waals surface area (Å²) < 4.78 is 5.86. The van der Waals surface area contributed by atoms with Crippen LogP contribution < -0.4 is 4.57 Å². The Hall–Kier alpha value is -6.47. The lowest BCUT2D eigenvalue weighted by Crippen LogP contribution is -2.41. The topological polar surface area (TPSA) is 116 Å². The predicted octanol–water partition coefficient (Wildman–Crippen LogP) is 7.36. The summed E-state index contributed by atoms with van der Waals surface area (Å²) in [5, 5.41) is 41.5. The summed E-state index contributed by atoms with van der Waals surface area (Å²) in [6.45, 7) is 6.27. The average Bonchev–Trinajstić information content (AvgIpc) is 3.81. The molecule has 1 unspecified atom stereocenters. The maximum absolute atomic E-state index is 10.9. The second kappa shape index (κ2) is 13.3. The Morgan fingerprint density at radius 2 is 1.29 bits per heavy atom. The SMILES string of the molecule is Cc1ccc(-c2c(CO)c(C)[n+](Cc3ccc(-c4c(C(O)C#N)c(C)nc5cc(-c6ccccc6)nn45)cc3)c3cc(-c4ccccc4)nn23)cc1. The number of aliphatic hydroxyl groups excluding tert-OH is 2. The molecule has 1 atom stereocenters. The van der Waals surface area contributed by atoms with Crippen molar-refractivity contribution in [3.05, 3.63) is 155 Å². The zero-order valence-corrected chi connectivity index (χ0v) is 29.1. The molecule has 0 saturated carbocycles. The van der Waals surface area contributed by atoms with Crippen LogP contribution in [0.2, 0.25) is 0 Å². The van der Waals surface area contributed by atoms with Gasteiger partial charge < -0.3 is 10.2 Å². The van der Waals surface area contributed by atoms with E-state index < -0.39 is 6.10 Å². The first-order valence-electron chi connectivity index (χ1n) is 17.2. The summed E-state index contributed by atoms with van der Waals surface area (Å²) in [5.41, 5.74) is 13.2. The van der Waals surface area contributed by atoms with E-state index >= 15 is 0 Å². The number of hydrogen-bond acceptors (Lipinski definition) is 6. The van der Waals surface area contributed by atoms with E-state index in [9.17, 15) is 15.5 Å². The van der Waals surface area contributed by atoms with Gasteiger partial charge in [-0.1, -0.05) is 124 Å². The number of nitrogens with zero attached hydrogens (tertiary/aromatic N) is 7. The molecular formula is C43H36N7O2+. The van der Waals surface area contributed by atoms with Crippen LogP contribution in [-0.4, -0.2) is 34.4 Å². The normalized spacial score (nSPS) is 12.0. The molecule has 0 fully saturated rings. The lowest BCUT2D eigenvalue weighted by atomic mass is 9.99. The minimum Gasteiger partial charge on any atom is -0.391 e. The Balaban J connectivity index is 1.26. The second-order valence-electron chi connectivity index (χ2n) is 13.0. The van der Waals surface area contributed by atoms with Gasteiger partial charge in [-0.3, -0.25) is 0 Å². The number of aryl methyl sites for hydroxylation is 2. The van der Waals surface area contributed by atoms with Crippen molar-refractivity contribution in [2.24, 2.45) is 0 Å². The molecule has 4 heterocycles. The molecule has 0 amide bonds. The van der Waals surface area contributed by atoms with Crippen LogP contribution in [0.5, 0.6) is 0 Å². The van der Waals surface area contributed by atoms with E-state index in [0.717, 1.165) is 67.4 Å². The summed E-state index contributed by atoms with van der Waals surface area (Å²) in [6, 6.07) is 42.4. The predicted molar refractivity (Wildman–Crippen MR) is 200 cm³/mol. The zero-order valence-electron chi connectivity index (χ0n) is 29.1. The van der Waals surface area contributed by atoms with Gasteiger partial charge in [0, 0.05) is 39.6 Å². The van der Waals surface area contributed by atoms with E-state index in [-0.39, 0.29) is 6.61 Å². The van der Waals surface area contributed by atoms with Crippen LogP contribution in [-0.2, 0) is 13.2 Å². The third-order valence-electron chi connectivity index (χ3n) is 9.72. The van der Waals surface area contributed by atoms with Gasteiger partial charge in [-0.25, -0.2) is 14.1 Å². The van der Waals surface area contributed by atoms with Crippen molar-refractivity contribution in [3.8, 4) is 51.1 Å². The number of aliphatic hydroxyl groups is 2. The van der Waals surface area contributed by atoms with Gasteiger partial charge in [-0.2, -0.15) is 10.4 Å². The first-order valence-corrected chi connectivity index (χ1v) is 17.2. The van der Waals surface area contributed by atoms with Gasteiger partial charge in [0.05, 0.1) is 35.7 Å². The maximum atomic E-state index is 10.9. The Morgan fingerprint density at radius 3 is 1.90 bits per heavy atom. The molecule has 8 aromatic rings. The Morgan fingerprint density at radius 1 is 0.712 bits per heavy atom. The molecule has 8 rings (SSSR count). The Bertz CT molecular complexity index is 2620. The number of benzene rings is 4. The highest BCUT2D eigenvalue weighted by Crippen LogP contribution is 2.33. The fourth-order valence-corrected chi connectivity index (χ4v) is 7.01. The van der Waals surface area contributed by atoms with E-state index in [1.165, 1.54) is 0 Å². The highest BCUT2D eigenvalue weighted by Gasteiger charge is 2.28. The molecule has 9 nitrogen and oxygen atoms in total. The monoisotopic (exact) mass is 682 g/mol. The van der Waals surface area contributed by atoms with Crippen LogP contribution in [0.4, 0.5) is 0 Å². The third-order valence-corrected chi connectivity index (χ3v) is 9.72. The maximum Gasteiger partial charge on any atom is 0.310 e. The molecule has 52 heavy (non-hydrogen) atoms. The van der Waals surface area contributed by atoms with E-state index in [2.05, 4.69) is 41.8 Å². The van der Waals surface area contributed by atoms with Gasteiger partial charge >= 0.3 is 5.65 Å². The van der Waals surface area contributed by atoms with Crippen LogP contribution in [0.25, 0.3) is 56.3 Å². The molecule has 0 aliphatic rings. The molecule has 4 aromatic carbocycles. The summed E-state index contributed by atoms with van der Waals surface area (Å²) in [5.74, 6) is 0. The standard InChI is InChI=1S/C43H36N7O2/c1-27-14-18-33(19-15-27)42-35(26-51)29(3)48(40-23-37(47-50(40)42)32-12-8-5-9-13-32)25-30-16-20-34(21-17-30)43-41(38(52)24-44)28(2)45-39-22-36(46-49(39)43)31-10-6-4-7-11-31/h4-23,38,51-52H,25-26H2,1-3H3/q+1. The lowest BCUT2D eigenvalue weighted by Gasteiger charge is -2.16. The van der Waals surface area contributed by atoms with Crippen molar-refractivity contribution >= 4 is 11.3 Å². The van der Waals surface area contributed by atoms with Crippen LogP contribution in [0.3, 0.4) is 0 Å². The molecular weight excluding hydrogens is 647 g/mol. The van der Waals surface area contributed by atoms with Crippen LogP contribution in [0.1, 0.15) is 39.7 Å². The fraction of sp³-hybridized carbons (Fsp3) is 0.140. The number of fused-ring (bicyclic) bond motifs is 2. The van der Waals surface area contributed by atoms with Crippen molar-refractivity contribution in [1.29, 1.82) is 5.26 Å². The van der Waals surface area contributed by atoms with Gasteiger partial charge in [0.25, 0.3) is 0 Å². The van der Waals surface area contributed by atoms with Gasteiger partial charge in [0.2, 0.25) is 0 Å². The first kappa shape index (κ1) is 32.7. The van der Waals surface area contributed by atoms with Crippen molar-refractivity contribution in [3.63, 3.8) is 0 Å². The van der Waals surface area contributed by atoms with Gasteiger partial charge in [0.1, 0.15) is 17.9 Å². The highest BCUT2D eigenvalue weighted by atomic mass is 16.3. The van der Waals surface area contributed by atoms with Gasteiger partial charge in [0.15, 0.2) is 17.4 Å². The molecule has 2 N–H and O–H groups in total. The minimum absolute atomic E-state index is 0.152. The van der Waals surface area contributed by atoms with Gasteiger partial charge in [-0.15, -0.1) is 0 Å². The zero-order chi connectivity index (χ0) is 35.9. The largest absolute Gasteiger partial charge is 0.391 e.